The van der Waals surface area contributed by atoms with Crippen LogP contribution in [0.5, 0.6) is 5.19 Å². The fourth-order valence-electron chi connectivity index (χ4n) is 1.63. The topological polar surface area (TPSA) is 75.8 Å². The van der Waals surface area contributed by atoms with Gasteiger partial charge >= 0.3 is 0 Å². The van der Waals surface area contributed by atoms with Crippen LogP contribution < -0.4 is 10.5 Å². The smallest absolute Gasteiger partial charge is 0.274 e. The fourth-order valence-corrected chi connectivity index (χ4v) is 2.52. The summed E-state index contributed by atoms with van der Waals surface area (Å²) in [6.45, 7) is 3.27. The molecule has 0 radical (unpaired) electrons. The Balaban J connectivity index is 1.59. The van der Waals surface area contributed by atoms with E-state index in [1.54, 1.807) is 7.11 Å². The summed E-state index contributed by atoms with van der Waals surface area (Å²) in [5.74, 6) is 0. The normalized spacial score (nSPS) is 11.1. The first-order chi connectivity index (χ1) is 10.3. The predicted octanol–water partition coefficient (Wildman–Crippen LogP) is 1.94. The maximum Gasteiger partial charge on any atom is 0.274 e. The van der Waals surface area contributed by atoms with Crippen molar-refractivity contribution in [3.63, 3.8) is 0 Å². The molecule has 2 N–H and O–H groups in total. The van der Waals surface area contributed by atoms with Gasteiger partial charge in [0.1, 0.15) is 6.61 Å². The van der Waals surface area contributed by atoms with Crippen LogP contribution in [0.25, 0.3) is 10.2 Å². The number of hydrogen-bond acceptors (Lipinski definition) is 7. The Morgan fingerprint density at radius 3 is 2.52 bits per heavy atom. The summed E-state index contributed by atoms with van der Waals surface area (Å²) < 4.78 is 22.1. The standard InChI is InChI=1S/C14H20N2O4S/c1-17-4-5-18-6-7-19-8-9-20-14-16-12-3-2-11(15)10-13(12)21-14/h2-3,10H,4-9,15H2,1H3. The van der Waals surface area contributed by atoms with Gasteiger partial charge in [-0.2, -0.15) is 0 Å². The van der Waals surface area contributed by atoms with Gasteiger partial charge in [-0.1, -0.05) is 11.3 Å². The van der Waals surface area contributed by atoms with Gasteiger partial charge < -0.3 is 24.7 Å². The number of thiazole rings is 1. The summed E-state index contributed by atoms with van der Waals surface area (Å²) >= 11 is 1.48. The van der Waals surface area contributed by atoms with Gasteiger partial charge in [-0.25, -0.2) is 4.98 Å². The second-order valence-corrected chi connectivity index (χ2v) is 5.27. The number of nitrogen functional groups attached to an aromatic ring is 1. The van der Waals surface area contributed by atoms with Gasteiger partial charge in [0.25, 0.3) is 5.19 Å². The van der Waals surface area contributed by atoms with E-state index in [2.05, 4.69) is 4.98 Å². The third-order valence-corrected chi connectivity index (χ3v) is 3.58. The summed E-state index contributed by atoms with van der Waals surface area (Å²) in [5.41, 5.74) is 7.36. The van der Waals surface area contributed by atoms with E-state index in [1.165, 1.54) is 11.3 Å². The number of methoxy groups -OCH3 is 1. The van der Waals surface area contributed by atoms with Crippen LogP contribution in [0.15, 0.2) is 18.2 Å². The summed E-state index contributed by atoms with van der Waals surface area (Å²) in [5, 5.41) is 0.635. The molecule has 1 heterocycles. The molecule has 0 spiro atoms. The van der Waals surface area contributed by atoms with Gasteiger partial charge in [0, 0.05) is 12.8 Å². The van der Waals surface area contributed by atoms with Gasteiger partial charge in [-0.3, -0.25) is 0 Å². The number of hydrogen-bond donors (Lipinski definition) is 1. The van der Waals surface area contributed by atoms with Crippen molar-refractivity contribution in [3.8, 4) is 5.19 Å². The van der Waals surface area contributed by atoms with Crippen LogP contribution in [0.1, 0.15) is 0 Å². The molecule has 0 fully saturated rings. The molecule has 7 heteroatoms. The van der Waals surface area contributed by atoms with Crippen molar-refractivity contribution in [2.24, 2.45) is 0 Å². The largest absolute Gasteiger partial charge is 0.468 e. The predicted molar refractivity (Wildman–Crippen MR) is 83.0 cm³/mol. The van der Waals surface area contributed by atoms with E-state index in [-0.39, 0.29) is 0 Å². The molecule has 0 amide bonds. The average Bonchev–Trinajstić information content (AvgIpc) is 2.87. The third kappa shape index (κ3) is 5.47. The molecule has 0 saturated heterocycles. The lowest BCUT2D eigenvalue weighted by Crippen LogP contribution is -2.12. The maximum absolute atomic E-state index is 5.73. The highest BCUT2D eigenvalue weighted by atomic mass is 32.1. The summed E-state index contributed by atoms with van der Waals surface area (Å²) in [6, 6.07) is 5.62. The van der Waals surface area contributed by atoms with Crippen LogP contribution in [0, 0.1) is 0 Å². The zero-order valence-corrected chi connectivity index (χ0v) is 12.9. The van der Waals surface area contributed by atoms with Gasteiger partial charge in [0.05, 0.1) is 43.3 Å². The number of benzene rings is 1. The number of aromatic nitrogens is 1. The molecule has 0 bridgehead atoms. The van der Waals surface area contributed by atoms with Gasteiger partial charge in [0.2, 0.25) is 0 Å². The van der Waals surface area contributed by atoms with Crippen molar-refractivity contribution in [2.45, 2.75) is 0 Å². The maximum atomic E-state index is 5.73. The van der Waals surface area contributed by atoms with Crippen molar-refractivity contribution in [3.05, 3.63) is 18.2 Å². The first-order valence-electron chi connectivity index (χ1n) is 6.73. The lowest BCUT2D eigenvalue weighted by molar-refractivity contribution is 0.0180. The van der Waals surface area contributed by atoms with E-state index >= 15 is 0 Å². The molecule has 0 saturated carbocycles. The molecule has 0 aliphatic heterocycles. The number of anilines is 1. The molecular weight excluding hydrogens is 292 g/mol. The van der Waals surface area contributed by atoms with Crippen molar-refractivity contribution < 1.29 is 18.9 Å². The van der Waals surface area contributed by atoms with Crippen molar-refractivity contribution >= 4 is 27.2 Å². The second-order valence-electron chi connectivity index (χ2n) is 4.27. The van der Waals surface area contributed by atoms with Crippen LogP contribution in [0.2, 0.25) is 0 Å². The minimum Gasteiger partial charge on any atom is -0.468 e. The Bertz CT molecular complexity index is 547. The van der Waals surface area contributed by atoms with Crippen LogP contribution >= 0.6 is 11.3 Å². The minimum atomic E-state index is 0.466. The molecular formula is C14H20N2O4S. The third-order valence-electron chi connectivity index (χ3n) is 2.65. The fraction of sp³-hybridized carbons (Fsp3) is 0.500. The highest BCUT2D eigenvalue weighted by Crippen LogP contribution is 2.28. The summed E-state index contributed by atoms with van der Waals surface area (Å²) in [4.78, 5) is 4.37. The zero-order chi connectivity index (χ0) is 14.9. The number of fused-ring (bicyclic) bond motifs is 1. The molecule has 1 aromatic heterocycles. The highest BCUT2D eigenvalue weighted by Gasteiger charge is 2.04. The molecule has 0 atom stereocenters. The average molecular weight is 312 g/mol. The zero-order valence-electron chi connectivity index (χ0n) is 12.0. The molecule has 0 unspecified atom stereocenters. The van der Waals surface area contributed by atoms with E-state index in [1.807, 2.05) is 18.2 Å². The molecule has 21 heavy (non-hydrogen) atoms. The number of nitrogens with two attached hydrogens (primary N) is 1. The van der Waals surface area contributed by atoms with E-state index in [0.717, 1.165) is 15.9 Å². The van der Waals surface area contributed by atoms with Crippen molar-refractivity contribution in [1.29, 1.82) is 0 Å². The molecule has 116 valence electrons. The number of ether oxygens (including phenoxy) is 4. The molecule has 2 aromatic rings. The quantitative estimate of drug-likeness (QED) is 0.534. The van der Waals surface area contributed by atoms with Gasteiger partial charge in [0.15, 0.2) is 0 Å². The molecule has 1 aromatic carbocycles. The number of rotatable bonds is 10. The Labute approximate surface area is 127 Å². The Kier molecular flexibility index (Phi) is 6.68. The first kappa shape index (κ1) is 16.0. The van der Waals surface area contributed by atoms with E-state index in [0.29, 0.717) is 44.8 Å². The lowest BCUT2D eigenvalue weighted by atomic mass is 10.3. The number of nitrogens with zero attached hydrogens (tertiary/aromatic N) is 1. The minimum absolute atomic E-state index is 0.466. The highest BCUT2D eigenvalue weighted by molar-refractivity contribution is 7.20. The van der Waals surface area contributed by atoms with E-state index in [4.69, 9.17) is 24.7 Å². The van der Waals surface area contributed by atoms with E-state index < -0.39 is 0 Å². The van der Waals surface area contributed by atoms with Crippen molar-refractivity contribution in [2.75, 3.05) is 52.5 Å². The summed E-state index contributed by atoms with van der Waals surface area (Å²) in [6.07, 6.45) is 0. The Morgan fingerprint density at radius 2 is 1.76 bits per heavy atom. The van der Waals surface area contributed by atoms with Crippen molar-refractivity contribution in [1.82, 2.24) is 4.98 Å². The van der Waals surface area contributed by atoms with E-state index in [9.17, 15) is 0 Å². The molecule has 0 aliphatic carbocycles. The molecule has 0 aliphatic rings. The Morgan fingerprint density at radius 1 is 1.05 bits per heavy atom. The van der Waals surface area contributed by atoms with Crippen LogP contribution in [0.3, 0.4) is 0 Å². The summed E-state index contributed by atoms with van der Waals surface area (Å²) in [7, 11) is 1.65. The molecule has 6 nitrogen and oxygen atoms in total. The lowest BCUT2D eigenvalue weighted by Gasteiger charge is -2.05. The monoisotopic (exact) mass is 312 g/mol. The van der Waals surface area contributed by atoms with Gasteiger partial charge in [-0.15, -0.1) is 0 Å². The molecule has 2 rings (SSSR count). The SMILES string of the molecule is COCCOCCOCCOc1nc2ccc(N)cc2s1. The van der Waals surface area contributed by atoms with Crippen LogP contribution in [-0.2, 0) is 14.2 Å². The van der Waals surface area contributed by atoms with Crippen LogP contribution in [0.4, 0.5) is 5.69 Å². The first-order valence-corrected chi connectivity index (χ1v) is 7.54. The van der Waals surface area contributed by atoms with Gasteiger partial charge in [-0.05, 0) is 18.2 Å². The second kappa shape index (κ2) is 8.78. The Hall–Kier alpha value is -1.41. The van der Waals surface area contributed by atoms with Crippen LogP contribution in [-0.4, -0.2) is 51.7 Å².